The van der Waals surface area contributed by atoms with E-state index in [9.17, 15) is 4.79 Å². The maximum atomic E-state index is 11.0. The third-order valence-electron chi connectivity index (χ3n) is 2.98. The number of amides is 1. The first-order chi connectivity index (χ1) is 8.31. The SMILES string of the molecule is C=CC(=O)NCCC1OCCc2ccccc21. The summed E-state index contributed by atoms with van der Waals surface area (Å²) in [5.41, 5.74) is 2.62. The zero-order valence-electron chi connectivity index (χ0n) is 9.82. The van der Waals surface area contributed by atoms with Crippen LogP contribution in [0.3, 0.4) is 0 Å². The third kappa shape index (κ3) is 2.94. The van der Waals surface area contributed by atoms with Crippen LogP contribution in [0.15, 0.2) is 36.9 Å². The van der Waals surface area contributed by atoms with Gasteiger partial charge in [0.1, 0.15) is 0 Å². The van der Waals surface area contributed by atoms with Gasteiger partial charge in [0.05, 0.1) is 12.7 Å². The van der Waals surface area contributed by atoms with Crippen LogP contribution in [0.1, 0.15) is 23.7 Å². The predicted molar refractivity (Wildman–Crippen MR) is 66.7 cm³/mol. The van der Waals surface area contributed by atoms with E-state index < -0.39 is 0 Å². The van der Waals surface area contributed by atoms with E-state index in [4.69, 9.17) is 4.74 Å². The summed E-state index contributed by atoms with van der Waals surface area (Å²) in [6, 6.07) is 8.34. The van der Waals surface area contributed by atoms with Crippen molar-refractivity contribution in [1.29, 1.82) is 0 Å². The van der Waals surface area contributed by atoms with Crippen LogP contribution in [0.25, 0.3) is 0 Å². The first-order valence-electron chi connectivity index (χ1n) is 5.91. The van der Waals surface area contributed by atoms with Crippen molar-refractivity contribution in [3.05, 3.63) is 48.0 Å². The van der Waals surface area contributed by atoms with Crippen LogP contribution in [-0.2, 0) is 16.0 Å². The van der Waals surface area contributed by atoms with Gasteiger partial charge >= 0.3 is 0 Å². The van der Waals surface area contributed by atoms with Gasteiger partial charge in [-0.15, -0.1) is 0 Å². The largest absolute Gasteiger partial charge is 0.373 e. The van der Waals surface area contributed by atoms with Gasteiger partial charge in [-0.1, -0.05) is 30.8 Å². The molecule has 3 heteroatoms. The summed E-state index contributed by atoms with van der Waals surface area (Å²) >= 11 is 0. The first-order valence-corrected chi connectivity index (χ1v) is 5.91. The molecular weight excluding hydrogens is 214 g/mol. The van der Waals surface area contributed by atoms with E-state index in [0.717, 1.165) is 19.4 Å². The lowest BCUT2D eigenvalue weighted by molar-refractivity contribution is -0.116. The molecule has 1 atom stereocenters. The maximum absolute atomic E-state index is 11.0. The van der Waals surface area contributed by atoms with Crippen molar-refractivity contribution in [3.63, 3.8) is 0 Å². The summed E-state index contributed by atoms with van der Waals surface area (Å²) in [6.45, 7) is 4.79. The lowest BCUT2D eigenvalue weighted by Crippen LogP contribution is -2.25. The minimum Gasteiger partial charge on any atom is -0.373 e. The quantitative estimate of drug-likeness (QED) is 0.805. The van der Waals surface area contributed by atoms with Crippen LogP contribution in [-0.4, -0.2) is 19.1 Å². The molecule has 17 heavy (non-hydrogen) atoms. The molecule has 0 bridgehead atoms. The average molecular weight is 231 g/mol. The smallest absolute Gasteiger partial charge is 0.243 e. The van der Waals surface area contributed by atoms with Crippen LogP contribution in [0, 0.1) is 0 Å². The molecule has 0 saturated heterocycles. The maximum Gasteiger partial charge on any atom is 0.243 e. The minimum atomic E-state index is -0.130. The van der Waals surface area contributed by atoms with Gasteiger partial charge in [-0.2, -0.15) is 0 Å². The molecule has 1 aromatic rings. The van der Waals surface area contributed by atoms with Crippen molar-refractivity contribution in [2.24, 2.45) is 0 Å². The number of fused-ring (bicyclic) bond motifs is 1. The van der Waals surface area contributed by atoms with E-state index in [-0.39, 0.29) is 12.0 Å². The number of benzene rings is 1. The fourth-order valence-electron chi connectivity index (χ4n) is 2.11. The van der Waals surface area contributed by atoms with Crippen molar-refractivity contribution in [1.82, 2.24) is 5.32 Å². The molecule has 0 spiro atoms. The van der Waals surface area contributed by atoms with Gasteiger partial charge in [0.15, 0.2) is 0 Å². The van der Waals surface area contributed by atoms with Gasteiger partial charge in [0.25, 0.3) is 0 Å². The molecule has 1 aromatic carbocycles. The fourth-order valence-corrected chi connectivity index (χ4v) is 2.11. The predicted octanol–water partition coefficient (Wildman–Crippen LogP) is 1.99. The third-order valence-corrected chi connectivity index (χ3v) is 2.98. The highest BCUT2D eigenvalue weighted by molar-refractivity contribution is 5.86. The summed E-state index contributed by atoms with van der Waals surface area (Å²) in [6.07, 6.45) is 3.17. The summed E-state index contributed by atoms with van der Waals surface area (Å²) < 4.78 is 5.74. The van der Waals surface area contributed by atoms with Crippen molar-refractivity contribution in [2.45, 2.75) is 18.9 Å². The van der Waals surface area contributed by atoms with Crippen LogP contribution in [0.2, 0.25) is 0 Å². The minimum absolute atomic E-state index is 0.102. The number of carbonyl (C=O) groups is 1. The molecule has 1 amide bonds. The molecule has 0 radical (unpaired) electrons. The molecule has 0 aliphatic carbocycles. The highest BCUT2D eigenvalue weighted by atomic mass is 16.5. The normalized spacial score (nSPS) is 18.2. The molecule has 0 aromatic heterocycles. The van der Waals surface area contributed by atoms with Crippen molar-refractivity contribution in [2.75, 3.05) is 13.2 Å². The highest BCUT2D eigenvalue weighted by Crippen LogP contribution is 2.28. The van der Waals surface area contributed by atoms with Gasteiger partial charge in [-0.25, -0.2) is 0 Å². The van der Waals surface area contributed by atoms with E-state index in [2.05, 4.69) is 30.1 Å². The number of nitrogens with one attached hydrogen (secondary N) is 1. The molecule has 1 N–H and O–H groups in total. The van der Waals surface area contributed by atoms with Crippen LogP contribution in [0.4, 0.5) is 0 Å². The van der Waals surface area contributed by atoms with Crippen LogP contribution >= 0.6 is 0 Å². The second-order valence-electron chi connectivity index (χ2n) is 4.09. The Balaban J connectivity index is 1.94. The molecule has 1 unspecified atom stereocenters. The van der Waals surface area contributed by atoms with Gasteiger partial charge in [0.2, 0.25) is 5.91 Å². The van der Waals surface area contributed by atoms with Crippen molar-refractivity contribution in [3.8, 4) is 0 Å². The Morgan fingerprint density at radius 3 is 3.18 bits per heavy atom. The molecule has 1 aliphatic heterocycles. The zero-order chi connectivity index (χ0) is 12.1. The van der Waals surface area contributed by atoms with Gasteiger partial charge in [-0.3, -0.25) is 4.79 Å². The summed E-state index contributed by atoms with van der Waals surface area (Å²) in [4.78, 5) is 11.0. The molecule has 0 fully saturated rings. The zero-order valence-corrected chi connectivity index (χ0v) is 9.82. The Bertz CT molecular complexity index is 414. The average Bonchev–Trinajstić information content (AvgIpc) is 2.39. The van der Waals surface area contributed by atoms with Gasteiger partial charge in [-0.05, 0) is 30.0 Å². The van der Waals surface area contributed by atoms with E-state index in [1.54, 1.807) is 0 Å². The first kappa shape index (κ1) is 11.9. The molecule has 1 aliphatic rings. The standard InChI is InChI=1S/C14H17NO2/c1-2-14(16)15-9-7-13-12-6-4-3-5-11(12)8-10-17-13/h2-6,13H,1,7-10H2,(H,15,16). The van der Waals surface area contributed by atoms with E-state index in [0.29, 0.717) is 6.54 Å². The monoisotopic (exact) mass is 231 g/mol. The second kappa shape index (κ2) is 5.64. The molecular formula is C14H17NO2. The summed E-state index contributed by atoms with van der Waals surface area (Å²) in [5.74, 6) is -0.130. The number of rotatable bonds is 4. The van der Waals surface area contributed by atoms with Crippen molar-refractivity contribution >= 4 is 5.91 Å². The highest BCUT2D eigenvalue weighted by Gasteiger charge is 2.19. The lowest BCUT2D eigenvalue weighted by Gasteiger charge is -2.26. The van der Waals surface area contributed by atoms with E-state index in [1.807, 2.05) is 6.07 Å². The van der Waals surface area contributed by atoms with Gasteiger partial charge < -0.3 is 10.1 Å². The Morgan fingerprint density at radius 1 is 1.53 bits per heavy atom. The Morgan fingerprint density at radius 2 is 2.35 bits per heavy atom. The second-order valence-corrected chi connectivity index (χ2v) is 4.09. The molecule has 90 valence electrons. The molecule has 0 saturated carbocycles. The molecule has 3 nitrogen and oxygen atoms in total. The number of hydrogen-bond donors (Lipinski definition) is 1. The van der Waals surface area contributed by atoms with Gasteiger partial charge in [0, 0.05) is 6.54 Å². The lowest BCUT2D eigenvalue weighted by atomic mass is 9.96. The fraction of sp³-hybridized carbons (Fsp3) is 0.357. The number of ether oxygens (including phenoxy) is 1. The Hall–Kier alpha value is -1.61. The van der Waals surface area contributed by atoms with Crippen LogP contribution < -0.4 is 5.32 Å². The van der Waals surface area contributed by atoms with Crippen LogP contribution in [0.5, 0.6) is 0 Å². The Labute approximate surface area is 101 Å². The van der Waals surface area contributed by atoms with Crippen molar-refractivity contribution < 1.29 is 9.53 Å². The van der Waals surface area contributed by atoms with E-state index in [1.165, 1.54) is 17.2 Å². The number of carbonyl (C=O) groups excluding carboxylic acids is 1. The Kier molecular flexibility index (Phi) is 3.94. The summed E-state index contributed by atoms with van der Waals surface area (Å²) in [7, 11) is 0. The van der Waals surface area contributed by atoms with E-state index >= 15 is 0 Å². The molecule has 2 rings (SSSR count). The molecule has 1 heterocycles. The topological polar surface area (TPSA) is 38.3 Å². The summed E-state index contributed by atoms with van der Waals surface area (Å²) in [5, 5.41) is 2.77. The number of hydrogen-bond acceptors (Lipinski definition) is 2.